The summed E-state index contributed by atoms with van der Waals surface area (Å²) < 4.78 is 25.5. The molecule has 2 aromatic carbocycles. The van der Waals surface area contributed by atoms with Gasteiger partial charge < -0.3 is 23.8 Å². The lowest BCUT2D eigenvalue weighted by Crippen LogP contribution is -2.65. The van der Waals surface area contributed by atoms with E-state index in [0.717, 1.165) is 47.3 Å². The van der Waals surface area contributed by atoms with E-state index < -0.39 is 7.12 Å². The number of ether oxygens (including phenoxy) is 1. The number of rotatable bonds is 6. The van der Waals surface area contributed by atoms with Crippen molar-refractivity contribution in [2.24, 2.45) is 22.7 Å². The summed E-state index contributed by atoms with van der Waals surface area (Å²) in [6, 6.07) is 14.4. The topological polar surface area (TPSA) is 69.9 Å². The first-order valence-electron chi connectivity index (χ1n) is 15.5. The summed E-state index contributed by atoms with van der Waals surface area (Å²) in [6.45, 7) is 7.77. The number of benzene rings is 2. The summed E-state index contributed by atoms with van der Waals surface area (Å²) in [5.74, 6) is 1.70. The highest BCUT2D eigenvalue weighted by Crippen LogP contribution is 2.65. The molecule has 5 atom stereocenters. The lowest BCUT2D eigenvalue weighted by Gasteiger charge is -2.64. The zero-order chi connectivity index (χ0) is 28.0. The minimum absolute atomic E-state index is 0.0362. The molecule has 2 aliphatic heterocycles. The van der Waals surface area contributed by atoms with Gasteiger partial charge >= 0.3 is 7.12 Å². The number of hydrogen-bond acceptors (Lipinski definition) is 5. The van der Waals surface area contributed by atoms with Gasteiger partial charge in [0.2, 0.25) is 5.91 Å². The molecule has 1 aromatic heterocycles. The Morgan fingerprint density at radius 2 is 1.98 bits per heavy atom. The van der Waals surface area contributed by atoms with Crippen molar-refractivity contribution in [3.63, 3.8) is 0 Å². The second-order valence-corrected chi connectivity index (χ2v) is 14.4. The fraction of sp³-hybridized carbons (Fsp3) is 0.559. The van der Waals surface area contributed by atoms with E-state index in [1.165, 1.54) is 31.2 Å². The predicted octanol–water partition coefficient (Wildman–Crippen LogP) is 6.08. The van der Waals surface area contributed by atoms with Gasteiger partial charge in [-0.05, 0) is 91.5 Å². The first-order valence-corrected chi connectivity index (χ1v) is 15.5. The van der Waals surface area contributed by atoms with Gasteiger partial charge in [0.25, 0.3) is 0 Å². The average molecular weight is 554 g/mol. The third-order valence-electron chi connectivity index (χ3n) is 11.7. The van der Waals surface area contributed by atoms with Crippen LogP contribution in [0.4, 0.5) is 0 Å². The molecule has 2 bridgehead atoms. The van der Waals surface area contributed by atoms with Crippen molar-refractivity contribution in [1.29, 1.82) is 0 Å². The van der Waals surface area contributed by atoms with E-state index in [9.17, 15) is 4.79 Å². The number of amides is 1. The average Bonchev–Trinajstić information content (AvgIpc) is 3.51. The van der Waals surface area contributed by atoms with Crippen LogP contribution in [0, 0.1) is 22.7 Å². The van der Waals surface area contributed by atoms with E-state index in [0.29, 0.717) is 23.7 Å². The van der Waals surface area contributed by atoms with Gasteiger partial charge in [-0.15, -0.1) is 0 Å². The lowest BCUT2D eigenvalue weighted by atomic mass is 9.43. The van der Waals surface area contributed by atoms with Crippen LogP contribution in [0.1, 0.15) is 69.6 Å². The van der Waals surface area contributed by atoms with Crippen molar-refractivity contribution in [2.45, 2.75) is 89.8 Å². The molecule has 1 spiro atoms. The smallest absolute Gasteiger partial charge is 0.482 e. The molecule has 1 amide bonds. The Hall–Kier alpha value is -2.77. The van der Waals surface area contributed by atoms with Crippen LogP contribution in [0.2, 0.25) is 0 Å². The van der Waals surface area contributed by atoms with Crippen molar-refractivity contribution in [3.05, 3.63) is 65.4 Å². The van der Waals surface area contributed by atoms with Crippen molar-refractivity contribution >= 4 is 24.0 Å². The van der Waals surface area contributed by atoms with E-state index in [2.05, 4.69) is 50.4 Å². The minimum atomic E-state index is -0.511. The second kappa shape index (κ2) is 9.12. The molecule has 4 saturated carbocycles. The van der Waals surface area contributed by atoms with Crippen molar-refractivity contribution < 1.29 is 23.3 Å². The Balaban J connectivity index is 1.02. The molecule has 3 heterocycles. The Morgan fingerprint density at radius 3 is 2.78 bits per heavy atom. The fourth-order valence-electron chi connectivity index (χ4n) is 8.83. The quantitative estimate of drug-likeness (QED) is 0.375. The van der Waals surface area contributed by atoms with Crippen LogP contribution in [0.3, 0.4) is 0 Å². The predicted molar refractivity (Wildman–Crippen MR) is 158 cm³/mol. The Kier molecular flexibility index (Phi) is 5.76. The van der Waals surface area contributed by atoms with Crippen LogP contribution in [0.25, 0.3) is 11.0 Å². The molecule has 9 rings (SSSR count). The first kappa shape index (κ1) is 25.9. The molecule has 41 heavy (non-hydrogen) atoms. The minimum Gasteiger partial charge on any atom is -0.493 e. The summed E-state index contributed by atoms with van der Waals surface area (Å²) >= 11 is 0. The number of fused-ring (bicyclic) bond motifs is 2. The van der Waals surface area contributed by atoms with E-state index in [-0.39, 0.29) is 35.4 Å². The third kappa shape index (κ3) is 4.10. The zero-order valence-electron chi connectivity index (χ0n) is 24.4. The normalized spacial score (nSPS) is 31.0. The van der Waals surface area contributed by atoms with E-state index in [4.69, 9.17) is 18.5 Å². The van der Waals surface area contributed by atoms with Crippen LogP contribution in [-0.4, -0.2) is 37.3 Å². The van der Waals surface area contributed by atoms with E-state index in [1.807, 2.05) is 24.5 Å². The maximum atomic E-state index is 13.6. The monoisotopic (exact) mass is 553 g/mol. The summed E-state index contributed by atoms with van der Waals surface area (Å²) in [5, 5.41) is 4.39. The molecule has 7 heteroatoms. The molecule has 1 saturated heterocycles. The highest BCUT2D eigenvalue weighted by molar-refractivity contribution is 6.48. The number of para-hydroxylation sites is 1. The molecule has 4 aliphatic carbocycles. The van der Waals surface area contributed by atoms with E-state index in [1.54, 1.807) is 0 Å². The number of hydrogen-bond donors (Lipinski definition) is 1. The number of carbonyl (C=O) groups is 1. The van der Waals surface area contributed by atoms with Crippen LogP contribution >= 0.6 is 0 Å². The summed E-state index contributed by atoms with van der Waals surface area (Å²) in [6.07, 6.45) is 9.85. The molecule has 0 radical (unpaired) electrons. The highest BCUT2D eigenvalue weighted by atomic mass is 16.7. The fourth-order valence-corrected chi connectivity index (χ4v) is 8.83. The Morgan fingerprint density at radius 1 is 1.12 bits per heavy atom. The lowest BCUT2D eigenvalue weighted by molar-refractivity contribution is -0.199. The van der Waals surface area contributed by atoms with Gasteiger partial charge in [0.15, 0.2) is 0 Å². The second-order valence-electron chi connectivity index (χ2n) is 14.4. The third-order valence-corrected chi connectivity index (χ3v) is 11.7. The van der Waals surface area contributed by atoms with Gasteiger partial charge in [-0.3, -0.25) is 4.79 Å². The molecule has 6 aliphatic rings. The largest absolute Gasteiger partial charge is 0.493 e. The first-order chi connectivity index (χ1) is 19.7. The van der Waals surface area contributed by atoms with Crippen molar-refractivity contribution in [1.82, 2.24) is 5.32 Å². The SMILES string of the molecule is CC1(C)[C@@H]2C[C@H]3OB([C@H](Cc4coc5ccccc45)NC(=O)Cc4ccc5c(c4)OCC4(CCC4)C5)O[C@@]3(C)[C@H]1C2. The number of carbonyl (C=O) groups excluding carboxylic acids is 1. The maximum Gasteiger partial charge on any atom is 0.482 e. The Labute approximate surface area is 242 Å². The standard InChI is InChI=1S/C34H40BNO5/c1-32(2)24-16-28(32)33(3)29(17-24)40-35(41-33)30(15-23-19-38-26-8-5-4-7-25(23)26)36-31(37)14-21-9-10-22-18-34(11-6-12-34)20-39-27(22)13-21/h4-5,7-10,13,19,24,28-30H,6,11-12,14-18,20H2,1-3H3,(H,36,37)/t24-,28-,29+,30-,33-/m0/s1. The zero-order valence-corrected chi connectivity index (χ0v) is 24.4. The van der Waals surface area contributed by atoms with Gasteiger partial charge in [0.1, 0.15) is 11.3 Å². The molecule has 0 unspecified atom stereocenters. The van der Waals surface area contributed by atoms with Crippen LogP contribution in [-0.2, 0) is 33.4 Å². The van der Waals surface area contributed by atoms with Gasteiger partial charge in [-0.25, -0.2) is 0 Å². The molecule has 3 aromatic rings. The molecule has 5 fully saturated rings. The van der Waals surface area contributed by atoms with Crippen LogP contribution < -0.4 is 10.1 Å². The Bertz CT molecular complexity index is 1510. The molecule has 214 valence electrons. The van der Waals surface area contributed by atoms with Gasteiger partial charge in [-0.1, -0.05) is 50.6 Å². The van der Waals surface area contributed by atoms with Crippen molar-refractivity contribution in [3.8, 4) is 5.75 Å². The van der Waals surface area contributed by atoms with Crippen LogP contribution in [0.15, 0.2) is 53.1 Å². The van der Waals surface area contributed by atoms with Gasteiger partial charge in [0.05, 0.1) is 36.9 Å². The maximum absolute atomic E-state index is 13.6. The molecular formula is C34H40BNO5. The molecule has 6 nitrogen and oxygen atoms in total. The molecular weight excluding hydrogens is 513 g/mol. The van der Waals surface area contributed by atoms with Crippen LogP contribution in [0.5, 0.6) is 5.75 Å². The summed E-state index contributed by atoms with van der Waals surface area (Å²) in [4.78, 5) is 13.6. The van der Waals surface area contributed by atoms with E-state index >= 15 is 0 Å². The number of furan rings is 1. The highest BCUT2D eigenvalue weighted by Gasteiger charge is 2.68. The summed E-state index contributed by atoms with van der Waals surface area (Å²) in [5.41, 5.74) is 4.41. The molecule has 1 N–H and O–H groups in total. The number of nitrogens with one attached hydrogen (secondary N) is 1. The van der Waals surface area contributed by atoms with Crippen molar-refractivity contribution in [2.75, 3.05) is 6.61 Å². The van der Waals surface area contributed by atoms with Gasteiger partial charge in [-0.2, -0.15) is 0 Å². The summed E-state index contributed by atoms with van der Waals surface area (Å²) in [7, 11) is -0.511. The van der Waals surface area contributed by atoms with Gasteiger partial charge in [0, 0.05) is 10.8 Å².